The molecule has 0 fully saturated rings. The van der Waals surface area contributed by atoms with Gasteiger partial charge in [-0.05, 0) is 30.5 Å². The van der Waals surface area contributed by atoms with Crippen molar-refractivity contribution < 1.29 is 14.7 Å². The summed E-state index contributed by atoms with van der Waals surface area (Å²) in [6.45, 7) is 1.39. The maximum atomic E-state index is 12.3. The van der Waals surface area contributed by atoms with Crippen LogP contribution in [-0.2, 0) is 0 Å². The number of amides is 2. The smallest absolute Gasteiger partial charge is 0.274 e. The first-order valence-electron chi connectivity index (χ1n) is 7.99. The fourth-order valence-electron chi connectivity index (χ4n) is 2.46. The van der Waals surface area contributed by atoms with Crippen molar-refractivity contribution in [1.82, 2.24) is 31.0 Å². The molecule has 26 heavy (non-hydrogen) atoms. The van der Waals surface area contributed by atoms with Crippen molar-refractivity contribution in [3.63, 3.8) is 0 Å². The van der Waals surface area contributed by atoms with E-state index in [0.717, 1.165) is 10.8 Å². The summed E-state index contributed by atoms with van der Waals surface area (Å²) >= 11 is 0. The van der Waals surface area contributed by atoms with Gasteiger partial charge in [0.05, 0.1) is 18.3 Å². The number of benzene rings is 1. The van der Waals surface area contributed by atoms with Crippen molar-refractivity contribution in [2.75, 3.05) is 13.2 Å². The highest BCUT2D eigenvalue weighted by Crippen LogP contribution is 2.14. The van der Waals surface area contributed by atoms with Gasteiger partial charge in [-0.1, -0.05) is 6.07 Å². The Morgan fingerprint density at radius 1 is 1.19 bits per heavy atom. The number of rotatable bonds is 6. The van der Waals surface area contributed by atoms with E-state index in [4.69, 9.17) is 0 Å². The molecule has 9 nitrogen and oxygen atoms in total. The first-order chi connectivity index (χ1) is 12.6. The van der Waals surface area contributed by atoms with Crippen LogP contribution in [0.2, 0.25) is 0 Å². The molecule has 0 saturated carbocycles. The number of H-pyrrole nitrogens is 1. The third kappa shape index (κ3) is 3.83. The van der Waals surface area contributed by atoms with Crippen molar-refractivity contribution in [1.29, 1.82) is 0 Å². The zero-order valence-electron chi connectivity index (χ0n) is 14.1. The molecular formula is C17H18N6O3. The summed E-state index contributed by atoms with van der Waals surface area (Å²) in [6, 6.07) is 6.50. The van der Waals surface area contributed by atoms with E-state index in [2.05, 4.69) is 31.0 Å². The van der Waals surface area contributed by atoms with Gasteiger partial charge in [-0.15, -0.1) is 0 Å². The standard InChI is InChI=1S/C17H18N6O3/c1-10-15(22-23-21-10)17(26)20-14(9-24)8-19-16(25)12-3-2-11-4-5-18-7-13(11)6-12/h2-7,14,24H,8-9H2,1H3,(H,19,25)(H,20,26)(H,21,22,23). The molecule has 2 heterocycles. The Kier molecular flexibility index (Phi) is 5.18. The highest BCUT2D eigenvalue weighted by Gasteiger charge is 2.18. The fourth-order valence-corrected chi connectivity index (χ4v) is 2.46. The summed E-state index contributed by atoms with van der Waals surface area (Å²) in [5.41, 5.74) is 1.07. The van der Waals surface area contributed by atoms with Crippen LogP contribution < -0.4 is 10.6 Å². The zero-order valence-corrected chi connectivity index (χ0v) is 14.1. The predicted molar refractivity (Wildman–Crippen MR) is 93.5 cm³/mol. The molecular weight excluding hydrogens is 336 g/mol. The number of aromatic amines is 1. The minimum absolute atomic E-state index is 0.0725. The van der Waals surface area contributed by atoms with E-state index in [-0.39, 0.29) is 24.8 Å². The van der Waals surface area contributed by atoms with Crippen molar-refractivity contribution in [3.05, 3.63) is 53.6 Å². The molecule has 0 saturated heterocycles. The monoisotopic (exact) mass is 354 g/mol. The number of fused-ring (bicyclic) bond motifs is 1. The van der Waals surface area contributed by atoms with Crippen LogP contribution in [0.1, 0.15) is 26.5 Å². The van der Waals surface area contributed by atoms with Crippen LogP contribution in [-0.4, -0.2) is 56.5 Å². The molecule has 0 radical (unpaired) electrons. The average molecular weight is 354 g/mol. The van der Waals surface area contributed by atoms with Gasteiger partial charge in [0.1, 0.15) is 0 Å². The molecule has 1 atom stereocenters. The molecule has 0 bridgehead atoms. The zero-order chi connectivity index (χ0) is 18.5. The molecule has 134 valence electrons. The number of aliphatic hydroxyl groups excluding tert-OH is 1. The molecule has 1 aromatic carbocycles. The lowest BCUT2D eigenvalue weighted by atomic mass is 10.1. The third-order valence-corrected chi connectivity index (χ3v) is 3.90. The quantitative estimate of drug-likeness (QED) is 0.499. The first kappa shape index (κ1) is 17.5. The highest BCUT2D eigenvalue weighted by molar-refractivity contribution is 5.98. The van der Waals surface area contributed by atoms with Gasteiger partial charge in [-0.3, -0.25) is 14.6 Å². The van der Waals surface area contributed by atoms with Crippen LogP contribution in [0.3, 0.4) is 0 Å². The molecule has 2 amide bonds. The van der Waals surface area contributed by atoms with E-state index in [1.807, 2.05) is 12.1 Å². The van der Waals surface area contributed by atoms with Gasteiger partial charge in [0.25, 0.3) is 11.8 Å². The second-order valence-corrected chi connectivity index (χ2v) is 5.76. The van der Waals surface area contributed by atoms with Crippen LogP contribution in [0.4, 0.5) is 0 Å². The minimum atomic E-state index is -0.648. The summed E-state index contributed by atoms with van der Waals surface area (Å²) in [6.07, 6.45) is 3.37. The molecule has 2 aromatic heterocycles. The number of carbonyl (C=O) groups is 2. The predicted octanol–water partition coefficient (Wildman–Crippen LogP) is 0.182. The Bertz CT molecular complexity index is 939. The summed E-state index contributed by atoms with van der Waals surface area (Å²) in [5.74, 6) is -0.776. The van der Waals surface area contributed by atoms with Gasteiger partial charge < -0.3 is 15.7 Å². The summed E-state index contributed by atoms with van der Waals surface area (Å²) in [7, 11) is 0. The Hall–Kier alpha value is -3.33. The van der Waals surface area contributed by atoms with Crippen LogP contribution in [0.25, 0.3) is 10.8 Å². The van der Waals surface area contributed by atoms with Crippen LogP contribution in [0.15, 0.2) is 36.7 Å². The minimum Gasteiger partial charge on any atom is -0.394 e. The second kappa shape index (κ2) is 7.70. The Morgan fingerprint density at radius 2 is 2.04 bits per heavy atom. The fraction of sp³-hybridized carbons (Fsp3) is 0.235. The number of hydrogen-bond acceptors (Lipinski definition) is 6. The van der Waals surface area contributed by atoms with E-state index >= 15 is 0 Å². The van der Waals surface area contributed by atoms with Crippen LogP contribution >= 0.6 is 0 Å². The number of carbonyl (C=O) groups excluding carboxylic acids is 2. The van der Waals surface area contributed by atoms with Crippen molar-refractivity contribution in [2.45, 2.75) is 13.0 Å². The lowest BCUT2D eigenvalue weighted by Gasteiger charge is -2.16. The molecule has 0 aliphatic heterocycles. The Morgan fingerprint density at radius 3 is 2.77 bits per heavy atom. The van der Waals surface area contributed by atoms with Gasteiger partial charge in [-0.2, -0.15) is 15.4 Å². The van der Waals surface area contributed by atoms with Crippen LogP contribution in [0.5, 0.6) is 0 Å². The molecule has 0 aliphatic carbocycles. The third-order valence-electron chi connectivity index (χ3n) is 3.90. The summed E-state index contributed by atoms with van der Waals surface area (Å²) in [5, 5.41) is 26.5. The average Bonchev–Trinajstić information content (AvgIpc) is 3.10. The topological polar surface area (TPSA) is 133 Å². The van der Waals surface area contributed by atoms with Crippen molar-refractivity contribution in [3.8, 4) is 0 Å². The number of hydrogen-bond donors (Lipinski definition) is 4. The number of aromatic nitrogens is 4. The van der Waals surface area contributed by atoms with E-state index < -0.39 is 11.9 Å². The molecule has 3 rings (SSSR count). The number of nitrogens with zero attached hydrogens (tertiary/aromatic N) is 3. The molecule has 9 heteroatoms. The van der Waals surface area contributed by atoms with E-state index in [9.17, 15) is 14.7 Å². The van der Waals surface area contributed by atoms with E-state index in [1.54, 1.807) is 31.5 Å². The van der Waals surface area contributed by atoms with Gasteiger partial charge in [-0.25, -0.2) is 0 Å². The normalized spacial score (nSPS) is 11.9. The molecule has 0 spiro atoms. The number of nitrogens with one attached hydrogen (secondary N) is 3. The molecule has 4 N–H and O–H groups in total. The van der Waals surface area contributed by atoms with Crippen LogP contribution in [0, 0.1) is 6.92 Å². The van der Waals surface area contributed by atoms with Gasteiger partial charge >= 0.3 is 0 Å². The van der Waals surface area contributed by atoms with Gasteiger partial charge in [0.2, 0.25) is 0 Å². The van der Waals surface area contributed by atoms with Crippen molar-refractivity contribution in [2.24, 2.45) is 0 Å². The molecule has 1 unspecified atom stereocenters. The Balaban J connectivity index is 1.61. The number of pyridine rings is 1. The number of aryl methyl sites for hydroxylation is 1. The summed E-state index contributed by atoms with van der Waals surface area (Å²) in [4.78, 5) is 28.5. The maximum absolute atomic E-state index is 12.3. The van der Waals surface area contributed by atoms with Crippen molar-refractivity contribution >= 4 is 22.6 Å². The number of aliphatic hydroxyl groups is 1. The summed E-state index contributed by atoms with van der Waals surface area (Å²) < 4.78 is 0. The molecule has 0 aliphatic rings. The van der Waals surface area contributed by atoms with E-state index in [0.29, 0.717) is 11.3 Å². The van der Waals surface area contributed by atoms with E-state index in [1.165, 1.54) is 0 Å². The SMILES string of the molecule is Cc1n[nH]nc1C(=O)NC(CO)CNC(=O)c1ccc2ccncc2c1. The lowest BCUT2D eigenvalue weighted by molar-refractivity contribution is 0.0883. The second-order valence-electron chi connectivity index (χ2n) is 5.76. The lowest BCUT2D eigenvalue weighted by Crippen LogP contribution is -2.46. The molecule has 3 aromatic rings. The first-order valence-corrected chi connectivity index (χ1v) is 7.99. The maximum Gasteiger partial charge on any atom is 0.274 e. The van der Waals surface area contributed by atoms with Gasteiger partial charge in [0.15, 0.2) is 5.69 Å². The van der Waals surface area contributed by atoms with Gasteiger partial charge in [0, 0.05) is 29.9 Å². The highest BCUT2D eigenvalue weighted by atomic mass is 16.3. The largest absolute Gasteiger partial charge is 0.394 e. The Labute approximate surface area is 148 Å².